The van der Waals surface area contributed by atoms with Crippen LogP contribution in [0.15, 0.2) is 11.6 Å². The van der Waals surface area contributed by atoms with Crippen LogP contribution < -0.4 is 5.32 Å². The highest BCUT2D eigenvalue weighted by Gasteiger charge is 2.59. The average molecular weight is 616 g/mol. The highest BCUT2D eigenvalue weighted by molar-refractivity contribution is 5.78. The molecular formula is C36H57NO7. The van der Waals surface area contributed by atoms with Crippen LogP contribution in [0.2, 0.25) is 0 Å². The monoisotopic (exact) mass is 615 g/mol. The summed E-state index contributed by atoms with van der Waals surface area (Å²) >= 11 is 0. The highest BCUT2D eigenvalue weighted by atomic mass is 16.7. The number of amides is 1. The summed E-state index contributed by atoms with van der Waals surface area (Å²) in [4.78, 5) is 36.1. The van der Waals surface area contributed by atoms with Gasteiger partial charge in [-0.3, -0.25) is 4.79 Å². The van der Waals surface area contributed by atoms with Crippen molar-refractivity contribution in [3.63, 3.8) is 0 Å². The van der Waals surface area contributed by atoms with E-state index in [1.165, 1.54) is 56.9 Å². The largest absolute Gasteiger partial charge is 0.508 e. The standard InChI is InChI=1S/C36H57NO7/c1-23(2)8-7-9-24(3)28-12-13-29-27-11-10-25-20-26(14-16-35(25,5)30(27)15-17-36(28,29)6)44-32(39)37-18-19-41-31(38)34(4)21-42-33(40)43-22-34/h10,23-24,26-30H,7-9,11-22H2,1-6H3,(H,37,39)/t24-,26?,27+,28-,29+,30+,35+,36-/m1/s1. The maximum atomic E-state index is 12.6. The van der Waals surface area contributed by atoms with Crippen molar-refractivity contribution in [2.45, 2.75) is 118 Å². The molecular weight excluding hydrogens is 558 g/mol. The average Bonchev–Trinajstić information content (AvgIpc) is 3.34. The van der Waals surface area contributed by atoms with E-state index in [1.807, 2.05) is 0 Å². The number of nitrogens with one attached hydrogen (secondary N) is 1. The topological polar surface area (TPSA) is 100 Å². The summed E-state index contributed by atoms with van der Waals surface area (Å²) in [5, 5.41) is 2.72. The SMILES string of the molecule is CC(C)CCC[C@@H](C)[C@H]1CC[C@H]2[C@@H]3CC=C4CC(OC(=O)NCCOC(=O)C5(C)COC(=O)OC5)CC[C@]4(C)[C@H]3CC[C@]12C. The van der Waals surface area contributed by atoms with Crippen LogP contribution in [-0.4, -0.2) is 50.7 Å². The van der Waals surface area contributed by atoms with Crippen LogP contribution in [0, 0.1) is 51.8 Å². The molecule has 1 unspecified atom stereocenters. The lowest BCUT2D eigenvalue weighted by molar-refractivity contribution is -0.165. The molecule has 1 aliphatic heterocycles. The Morgan fingerprint density at radius 2 is 1.75 bits per heavy atom. The lowest BCUT2D eigenvalue weighted by atomic mass is 9.47. The van der Waals surface area contributed by atoms with Crippen molar-refractivity contribution in [1.82, 2.24) is 5.32 Å². The maximum absolute atomic E-state index is 12.6. The molecule has 0 bridgehead atoms. The van der Waals surface area contributed by atoms with E-state index in [2.05, 4.69) is 46.0 Å². The number of hydrogen-bond acceptors (Lipinski definition) is 7. The van der Waals surface area contributed by atoms with Crippen molar-refractivity contribution in [2.24, 2.45) is 51.8 Å². The molecule has 1 heterocycles. The smallest absolute Gasteiger partial charge is 0.463 e. The molecule has 3 saturated carbocycles. The summed E-state index contributed by atoms with van der Waals surface area (Å²) < 4.78 is 20.8. The fraction of sp³-hybridized carbons (Fsp3) is 0.861. The Morgan fingerprint density at radius 3 is 2.48 bits per heavy atom. The van der Waals surface area contributed by atoms with E-state index >= 15 is 0 Å². The minimum atomic E-state index is -1.04. The van der Waals surface area contributed by atoms with Crippen molar-refractivity contribution in [1.29, 1.82) is 0 Å². The zero-order valence-corrected chi connectivity index (χ0v) is 28.1. The van der Waals surface area contributed by atoms with Gasteiger partial charge in [0.05, 0.1) is 6.54 Å². The van der Waals surface area contributed by atoms with Gasteiger partial charge in [0, 0.05) is 6.42 Å². The number of rotatable bonds is 10. The van der Waals surface area contributed by atoms with Gasteiger partial charge in [-0.05, 0) is 98.2 Å². The first-order valence-electron chi connectivity index (χ1n) is 17.5. The van der Waals surface area contributed by atoms with Gasteiger partial charge in [-0.25, -0.2) is 9.59 Å². The van der Waals surface area contributed by atoms with Gasteiger partial charge < -0.3 is 24.3 Å². The zero-order valence-electron chi connectivity index (χ0n) is 28.1. The van der Waals surface area contributed by atoms with Crippen molar-refractivity contribution < 1.29 is 33.3 Å². The van der Waals surface area contributed by atoms with E-state index in [-0.39, 0.29) is 37.9 Å². The summed E-state index contributed by atoms with van der Waals surface area (Å²) in [6, 6.07) is 0. The number of hydrogen-bond donors (Lipinski definition) is 1. The predicted octanol–water partition coefficient (Wildman–Crippen LogP) is 7.84. The van der Waals surface area contributed by atoms with Gasteiger partial charge in [0.15, 0.2) is 0 Å². The molecule has 4 aliphatic carbocycles. The molecule has 0 radical (unpaired) electrons. The minimum absolute atomic E-state index is 0.00605. The van der Waals surface area contributed by atoms with E-state index < -0.39 is 23.6 Å². The summed E-state index contributed by atoms with van der Waals surface area (Å²) in [5.74, 6) is 4.33. The lowest BCUT2D eigenvalue weighted by Crippen LogP contribution is -2.51. The van der Waals surface area contributed by atoms with E-state index in [1.54, 1.807) is 6.92 Å². The summed E-state index contributed by atoms with van der Waals surface area (Å²) in [7, 11) is 0. The van der Waals surface area contributed by atoms with Gasteiger partial charge >= 0.3 is 18.2 Å². The molecule has 0 aromatic rings. The fourth-order valence-electron chi connectivity index (χ4n) is 10.1. The Balaban J connectivity index is 1.09. The molecule has 5 aliphatic rings. The molecule has 5 rings (SSSR count). The lowest BCUT2D eigenvalue weighted by Gasteiger charge is -2.58. The second-order valence-corrected chi connectivity index (χ2v) is 16.0. The number of esters is 1. The molecule has 1 amide bonds. The zero-order chi connectivity index (χ0) is 31.7. The number of carbonyl (C=O) groups is 3. The van der Waals surface area contributed by atoms with Crippen LogP contribution in [0.1, 0.15) is 112 Å². The number of fused-ring (bicyclic) bond motifs is 5. The molecule has 8 atom stereocenters. The molecule has 0 aromatic heterocycles. The Bertz CT molecular complexity index is 1090. The third-order valence-corrected chi connectivity index (χ3v) is 12.6. The molecule has 248 valence electrons. The Hall–Kier alpha value is -2.25. The van der Waals surface area contributed by atoms with Crippen molar-refractivity contribution >= 4 is 18.2 Å². The van der Waals surface area contributed by atoms with Crippen molar-refractivity contribution in [3.05, 3.63) is 11.6 Å². The normalized spacial score (nSPS) is 36.5. The first-order chi connectivity index (χ1) is 20.9. The number of cyclic esters (lactones) is 2. The van der Waals surface area contributed by atoms with Crippen LogP contribution in [0.4, 0.5) is 9.59 Å². The van der Waals surface area contributed by atoms with Crippen LogP contribution in [0.3, 0.4) is 0 Å². The molecule has 1 saturated heterocycles. The summed E-state index contributed by atoms with van der Waals surface area (Å²) in [6.45, 7) is 14.0. The van der Waals surface area contributed by atoms with Gasteiger partial charge in [-0.15, -0.1) is 0 Å². The minimum Gasteiger partial charge on any atom is -0.463 e. The van der Waals surface area contributed by atoms with Gasteiger partial charge in [0.2, 0.25) is 0 Å². The predicted molar refractivity (Wildman–Crippen MR) is 168 cm³/mol. The van der Waals surface area contributed by atoms with E-state index in [0.717, 1.165) is 54.8 Å². The number of ether oxygens (including phenoxy) is 4. The van der Waals surface area contributed by atoms with E-state index in [9.17, 15) is 14.4 Å². The van der Waals surface area contributed by atoms with E-state index in [4.69, 9.17) is 18.9 Å². The quantitative estimate of drug-likeness (QED) is 0.116. The number of carbonyl (C=O) groups excluding carboxylic acids is 3. The van der Waals surface area contributed by atoms with Gasteiger partial charge in [-0.1, -0.05) is 65.5 Å². The molecule has 0 spiro atoms. The Labute approximate surface area is 264 Å². The maximum Gasteiger partial charge on any atom is 0.508 e. The number of allylic oxidation sites excluding steroid dienone is 1. The van der Waals surface area contributed by atoms with Crippen LogP contribution >= 0.6 is 0 Å². The Morgan fingerprint density at radius 1 is 1.00 bits per heavy atom. The van der Waals surface area contributed by atoms with Gasteiger partial charge in [0.25, 0.3) is 0 Å². The van der Waals surface area contributed by atoms with Crippen LogP contribution in [0.25, 0.3) is 0 Å². The van der Waals surface area contributed by atoms with Gasteiger partial charge in [0.1, 0.15) is 31.3 Å². The van der Waals surface area contributed by atoms with E-state index in [0.29, 0.717) is 5.41 Å². The summed E-state index contributed by atoms with van der Waals surface area (Å²) in [6.07, 6.45) is 14.7. The van der Waals surface area contributed by atoms with Gasteiger partial charge in [-0.2, -0.15) is 0 Å². The molecule has 0 aromatic carbocycles. The second kappa shape index (κ2) is 13.2. The first kappa shape index (κ1) is 33.1. The molecule has 44 heavy (non-hydrogen) atoms. The van der Waals surface area contributed by atoms with Crippen molar-refractivity contribution in [2.75, 3.05) is 26.4 Å². The Kier molecular flexibility index (Phi) is 9.96. The second-order valence-electron chi connectivity index (χ2n) is 16.0. The van der Waals surface area contributed by atoms with Crippen LogP contribution in [0.5, 0.6) is 0 Å². The fourth-order valence-corrected chi connectivity index (χ4v) is 10.1. The van der Waals surface area contributed by atoms with Crippen molar-refractivity contribution in [3.8, 4) is 0 Å². The van der Waals surface area contributed by atoms with Crippen LogP contribution in [-0.2, 0) is 23.7 Å². The number of alkyl carbamates (subject to hydrolysis) is 1. The third kappa shape index (κ3) is 6.65. The molecule has 8 nitrogen and oxygen atoms in total. The third-order valence-electron chi connectivity index (χ3n) is 12.6. The first-order valence-corrected chi connectivity index (χ1v) is 17.5. The molecule has 1 N–H and O–H groups in total. The molecule has 4 fully saturated rings. The highest BCUT2D eigenvalue weighted by Crippen LogP contribution is 2.67. The summed E-state index contributed by atoms with van der Waals surface area (Å²) in [5.41, 5.74) is 1.16. The molecule has 8 heteroatoms.